The molecule has 18 heavy (non-hydrogen) atoms. The Hall–Kier alpha value is -1.32. The van der Waals surface area contributed by atoms with Crippen LogP contribution in [0, 0.1) is 13.8 Å². The predicted octanol–water partition coefficient (Wildman–Crippen LogP) is 2.97. The topological polar surface area (TPSA) is 38.0 Å². The van der Waals surface area contributed by atoms with Gasteiger partial charge in [-0.25, -0.2) is 0 Å². The summed E-state index contributed by atoms with van der Waals surface area (Å²) in [5.41, 5.74) is 4.00. The van der Waals surface area contributed by atoms with Crippen molar-refractivity contribution in [1.29, 1.82) is 0 Å². The summed E-state index contributed by atoms with van der Waals surface area (Å²) in [6.07, 6.45) is 0.0107. The molecule has 0 bridgehead atoms. The van der Waals surface area contributed by atoms with E-state index in [1.807, 2.05) is 37.7 Å². The molecular formula is C14H17ClN2O. The number of rotatable bonds is 3. The first-order valence-corrected chi connectivity index (χ1v) is 6.29. The van der Waals surface area contributed by atoms with Gasteiger partial charge < -0.3 is 5.11 Å². The zero-order chi connectivity index (χ0) is 13.3. The third-order valence-electron chi connectivity index (χ3n) is 3.29. The Bertz CT molecular complexity index is 563. The van der Waals surface area contributed by atoms with Crippen LogP contribution in [0.1, 0.15) is 28.6 Å². The highest BCUT2D eigenvalue weighted by molar-refractivity contribution is 6.30. The summed E-state index contributed by atoms with van der Waals surface area (Å²) in [6, 6.07) is 7.34. The van der Waals surface area contributed by atoms with Crippen molar-refractivity contribution in [2.75, 3.05) is 0 Å². The third kappa shape index (κ3) is 2.57. The molecule has 1 heterocycles. The van der Waals surface area contributed by atoms with Gasteiger partial charge in [0.05, 0.1) is 11.8 Å². The zero-order valence-corrected chi connectivity index (χ0v) is 11.6. The summed E-state index contributed by atoms with van der Waals surface area (Å²) in [5, 5.41) is 15.3. The first-order chi connectivity index (χ1) is 8.49. The SMILES string of the molecule is Cc1nn(C)c(C)c1CC(O)c1cccc(Cl)c1. The van der Waals surface area contributed by atoms with Crippen LogP contribution < -0.4 is 0 Å². The number of hydrogen-bond donors (Lipinski definition) is 1. The van der Waals surface area contributed by atoms with Crippen molar-refractivity contribution < 1.29 is 5.11 Å². The van der Waals surface area contributed by atoms with Gasteiger partial charge in [0.25, 0.3) is 0 Å². The highest BCUT2D eigenvalue weighted by Gasteiger charge is 2.15. The van der Waals surface area contributed by atoms with Crippen molar-refractivity contribution in [3.05, 3.63) is 51.8 Å². The van der Waals surface area contributed by atoms with E-state index in [2.05, 4.69) is 5.10 Å². The minimum atomic E-state index is -0.551. The van der Waals surface area contributed by atoms with E-state index in [1.54, 1.807) is 12.1 Å². The van der Waals surface area contributed by atoms with Crippen LogP contribution in [0.25, 0.3) is 0 Å². The summed E-state index contributed by atoms with van der Waals surface area (Å²) in [5.74, 6) is 0. The van der Waals surface area contributed by atoms with Crippen molar-refractivity contribution >= 4 is 11.6 Å². The number of aryl methyl sites for hydroxylation is 2. The lowest BCUT2D eigenvalue weighted by atomic mass is 10.0. The van der Waals surface area contributed by atoms with E-state index < -0.39 is 6.10 Å². The molecule has 96 valence electrons. The summed E-state index contributed by atoms with van der Waals surface area (Å²) in [7, 11) is 1.91. The molecule has 0 saturated heterocycles. The minimum absolute atomic E-state index is 0.551. The Balaban J connectivity index is 2.24. The number of aliphatic hydroxyl groups is 1. The Morgan fingerprint density at radius 2 is 2.11 bits per heavy atom. The Morgan fingerprint density at radius 3 is 2.67 bits per heavy atom. The third-order valence-corrected chi connectivity index (χ3v) is 3.52. The molecule has 0 aliphatic carbocycles. The molecule has 0 fully saturated rings. The fraction of sp³-hybridized carbons (Fsp3) is 0.357. The van der Waals surface area contributed by atoms with Crippen LogP contribution in [0.4, 0.5) is 0 Å². The van der Waals surface area contributed by atoms with Gasteiger partial charge in [-0.1, -0.05) is 23.7 Å². The lowest BCUT2D eigenvalue weighted by Gasteiger charge is -2.11. The van der Waals surface area contributed by atoms with Crippen LogP contribution in [0.2, 0.25) is 5.02 Å². The standard InChI is InChI=1S/C14H17ClN2O/c1-9-13(10(2)17(3)16-9)8-14(18)11-5-4-6-12(15)7-11/h4-7,14,18H,8H2,1-3H3. The molecule has 0 spiro atoms. The number of benzene rings is 1. The van der Waals surface area contributed by atoms with Crippen LogP contribution >= 0.6 is 11.6 Å². The smallest absolute Gasteiger partial charge is 0.0832 e. The molecule has 1 N–H and O–H groups in total. The number of nitrogens with zero attached hydrogens (tertiary/aromatic N) is 2. The Labute approximate surface area is 112 Å². The lowest BCUT2D eigenvalue weighted by Crippen LogP contribution is -2.04. The van der Waals surface area contributed by atoms with Gasteiger partial charge in [-0.05, 0) is 37.1 Å². The van der Waals surface area contributed by atoms with E-state index in [9.17, 15) is 5.11 Å². The van der Waals surface area contributed by atoms with Crippen LogP contribution in [-0.2, 0) is 13.5 Å². The molecule has 1 aromatic carbocycles. The van der Waals surface area contributed by atoms with E-state index in [0.29, 0.717) is 11.4 Å². The minimum Gasteiger partial charge on any atom is -0.388 e. The number of aliphatic hydroxyl groups excluding tert-OH is 1. The summed E-state index contributed by atoms with van der Waals surface area (Å²) in [6.45, 7) is 3.98. The van der Waals surface area contributed by atoms with Gasteiger partial charge in [-0.3, -0.25) is 4.68 Å². The fourth-order valence-electron chi connectivity index (χ4n) is 2.14. The van der Waals surface area contributed by atoms with Crippen molar-refractivity contribution in [1.82, 2.24) is 9.78 Å². The molecule has 0 amide bonds. The van der Waals surface area contributed by atoms with Gasteiger partial charge in [0.15, 0.2) is 0 Å². The first kappa shape index (κ1) is 13.1. The second kappa shape index (κ2) is 5.12. The molecule has 1 atom stereocenters. The van der Waals surface area contributed by atoms with Crippen molar-refractivity contribution in [3.63, 3.8) is 0 Å². The van der Waals surface area contributed by atoms with Gasteiger partial charge in [0.1, 0.15) is 0 Å². The average molecular weight is 265 g/mol. The fourth-order valence-corrected chi connectivity index (χ4v) is 2.34. The van der Waals surface area contributed by atoms with E-state index in [-0.39, 0.29) is 0 Å². The predicted molar refractivity (Wildman–Crippen MR) is 72.8 cm³/mol. The summed E-state index contributed by atoms with van der Waals surface area (Å²) >= 11 is 5.93. The maximum absolute atomic E-state index is 10.3. The summed E-state index contributed by atoms with van der Waals surface area (Å²) in [4.78, 5) is 0. The largest absolute Gasteiger partial charge is 0.388 e. The van der Waals surface area contributed by atoms with Gasteiger partial charge in [0, 0.05) is 24.2 Å². The zero-order valence-electron chi connectivity index (χ0n) is 10.8. The van der Waals surface area contributed by atoms with Crippen LogP contribution in [0.5, 0.6) is 0 Å². The molecule has 0 aliphatic heterocycles. The lowest BCUT2D eigenvalue weighted by molar-refractivity contribution is 0.178. The highest BCUT2D eigenvalue weighted by atomic mass is 35.5. The van der Waals surface area contributed by atoms with Gasteiger partial charge in [-0.2, -0.15) is 5.10 Å². The number of aromatic nitrogens is 2. The van der Waals surface area contributed by atoms with E-state index in [1.165, 1.54) is 0 Å². The van der Waals surface area contributed by atoms with E-state index in [4.69, 9.17) is 11.6 Å². The molecule has 1 aromatic heterocycles. The maximum Gasteiger partial charge on any atom is 0.0832 e. The van der Waals surface area contributed by atoms with Crippen LogP contribution in [0.15, 0.2) is 24.3 Å². The Kier molecular flexibility index (Phi) is 3.73. The van der Waals surface area contributed by atoms with Crippen molar-refractivity contribution in [2.24, 2.45) is 7.05 Å². The van der Waals surface area contributed by atoms with E-state index >= 15 is 0 Å². The van der Waals surface area contributed by atoms with Crippen LogP contribution in [0.3, 0.4) is 0 Å². The molecule has 2 rings (SSSR count). The van der Waals surface area contributed by atoms with Crippen molar-refractivity contribution in [3.8, 4) is 0 Å². The molecule has 2 aromatic rings. The molecular weight excluding hydrogens is 248 g/mol. The number of hydrogen-bond acceptors (Lipinski definition) is 2. The average Bonchev–Trinajstić information content (AvgIpc) is 2.56. The van der Waals surface area contributed by atoms with Gasteiger partial charge in [0.2, 0.25) is 0 Å². The van der Waals surface area contributed by atoms with Gasteiger partial charge in [-0.15, -0.1) is 0 Å². The Morgan fingerprint density at radius 1 is 1.39 bits per heavy atom. The molecule has 4 heteroatoms. The van der Waals surface area contributed by atoms with E-state index in [0.717, 1.165) is 22.5 Å². The molecule has 3 nitrogen and oxygen atoms in total. The molecule has 0 radical (unpaired) electrons. The normalized spacial score (nSPS) is 12.7. The second-order valence-electron chi connectivity index (χ2n) is 4.55. The van der Waals surface area contributed by atoms with Gasteiger partial charge >= 0.3 is 0 Å². The van der Waals surface area contributed by atoms with Crippen molar-refractivity contribution in [2.45, 2.75) is 26.4 Å². The number of halogens is 1. The molecule has 1 unspecified atom stereocenters. The maximum atomic E-state index is 10.3. The second-order valence-corrected chi connectivity index (χ2v) is 4.98. The quantitative estimate of drug-likeness (QED) is 0.926. The first-order valence-electron chi connectivity index (χ1n) is 5.91. The molecule has 0 saturated carbocycles. The monoisotopic (exact) mass is 264 g/mol. The van der Waals surface area contributed by atoms with Crippen LogP contribution in [-0.4, -0.2) is 14.9 Å². The summed E-state index contributed by atoms with van der Waals surface area (Å²) < 4.78 is 1.84. The highest BCUT2D eigenvalue weighted by Crippen LogP contribution is 2.24. The molecule has 0 aliphatic rings.